The Hall–Kier alpha value is -2.84. The van der Waals surface area contributed by atoms with Crippen molar-refractivity contribution in [2.45, 2.75) is 23.4 Å². The summed E-state index contributed by atoms with van der Waals surface area (Å²) in [5.74, 6) is 1.12. The fourth-order valence-electron chi connectivity index (χ4n) is 4.09. The van der Waals surface area contributed by atoms with Crippen molar-refractivity contribution in [2.24, 2.45) is 0 Å². The van der Waals surface area contributed by atoms with Crippen molar-refractivity contribution in [3.63, 3.8) is 0 Å². The highest BCUT2D eigenvalue weighted by molar-refractivity contribution is 7.99. The minimum atomic E-state index is 0.0211. The average Bonchev–Trinajstić information content (AvgIpc) is 3.54. The van der Waals surface area contributed by atoms with Crippen LogP contribution in [-0.2, 0) is 14.9 Å². The highest BCUT2D eigenvalue weighted by Crippen LogP contribution is 2.47. The van der Waals surface area contributed by atoms with Crippen molar-refractivity contribution in [3.8, 4) is 5.69 Å². The summed E-state index contributed by atoms with van der Waals surface area (Å²) in [6, 6.07) is 20.5. The first-order valence-electron chi connectivity index (χ1n) is 11.0. The number of para-hydroxylation sites is 1. The van der Waals surface area contributed by atoms with Gasteiger partial charge >= 0.3 is 0 Å². The van der Waals surface area contributed by atoms with E-state index in [1.807, 2.05) is 41.0 Å². The number of thioether (sulfide) groups is 1. The number of rotatable bonds is 8. The van der Waals surface area contributed by atoms with E-state index in [-0.39, 0.29) is 11.3 Å². The first kappa shape index (κ1) is 21.0. The fourth-order valence-corrected chi connectivity index (χ4v) is 4.86. The van der Waals surface area contributed by atoms with E-state index >= 15 is 0 Å². The lowest BCUT2D eigenvalue weighted by Gasteiger charge is -2.27. The smallest absolute Gasteiger partial charge is 0.232 e. The Morgan fingerprint density at radius 1 is 1.00 bits per heavy atom. The molecule has 0 atom stereocenters. The molecule has 1 aromatic heterocycles. The second kappa shape index (κ2) is 9.34. The summed E-state index contributed by atoms with van der Waals surface area (Å²) in [5, 5.41) is 12.7. The second-order valence-corrected chi connectivity index (χ2v) is 9.21. The molecule has 166 valence electrons. The molecule has 32 heavy (non-hydrogen) atoms. The van der Waals surface area contributed by atoms with Crippen molar-refractivity contribution in [1.82, 2.24) is 20.1 Å². The predicted molar refractivity (Wildman–Crippen MR) is 125 cm³/mol. The van der Waals surface area contributed by atoms with E-state index in [2.05, 4.69) is 44.7 Å². The molecule has 1 saturated carbocycles. The van der Waals surface area contributed by atoms with Crippen LogP contribution in [0.4, 0.5) is 5.95 Å². The van der Waals surface area contributed by atoms with Gasteiger partial charge in [-0.3, -0.25) is 9.36 Å². The number of hydrogen-bond donors (Lipinski definition) is 1. The molecule has 1 N–H and O–H groups in total. The van der Waals surface area contributed by atoms with Gasteiger partial charge in [0.05, 0.1) is 24.7 Å². The number of morpholine rings is 1. The monoisotopic (exact) mass is 449 g/mol. The highest BCUT2D eigenvalue weighted by Gasteiger charge is 2.44. The van der Waals surface area contributed by atoms with Crippen LogP contribution in [0.5, 0.6) is 0 Å². The van der Waals surface area contributed by atoms with Crippen LogP contribution in [0, 0.1) is 0 Å². The van der Waals surface area contributed by atoms with Crippen molar-refractivity contribution >= 4 is 23.6 Å². The largest absolute Gasteiger partial charge is 0.378 e. The summed E-state index contributed by atoms with van der Waals surface area (Å²) in [7, 11) is 0. The summed E-state index contributed by atoms with van der Waals surface area (Å²) in [4.78, 5) is 14.8. The van der Waals surface area contributed by atoms with E-state index in [9.17, 15) is 4.79 Å². The third-order valence-corrected chi connectivity index (χ3v) is 7.05. The van der Waals surface area contributed by atoms with Gasteiger partial charge in [0, 0.05) is 25.0 Å². The maximum Gasteiger partial charge on any atom is 0.232 e. The normalized spacial score (nSPS) is 17.2. The number of hydrogen-bond acceptors (Lipinski definition) is 6. The zero-order valence-corrected chi connectivity index (χ0v) is 18.8. The Kier molecular flexibility index (Phi) is 6.14. The predicted octanol–water partition coefficient (Wildman–Crippen LogP) is 3.04. The standard InChI is InChI=1S/C24H27N5O2S/c30-21(25-18-24(11-12-24)19-7-3-1-4-8-19)17-32-23-27-26-22(28-13-15-31-16-14-28)29(23)20-9-5-2-6-10-20/h1-10H,11-18H2,(H,25,30). The lowest BCUT2D eigenvalue weighted by molar-refractivity contribution is -0.118. The van der Waals surface area contributed by atoms with Crippen molar-refractivity contribution in [3.05, 3.63) is 66.2 Å². The van der Waals surface area contributed by atoms with Gasteiger partial charge < -0.3 is 15.0 Å². The van der Waals surface area contributed by atoms with Gasteiger partial charge in [-0.1, -0.05) is 60.3 Å². The number of carbonyl (C=O) groups excluding carboxylic acids is 1. The molecule has 1 aliphatic carbocycles. The molecular weight excluding hydrogens is 422 g/mol. The summed E-state index contributed by atoms with van der Waals surface area (Å²) in [5.41, 5.74) is 2.41. The maximum atomic E-state index is 12.7. The van der Waals surface area contributed by atoms with E-state index in [1.54, 1.807) is 0 Å². The highest BCUT2D eigenvalue weighted by atomic mass is 32.2. The number of anilines is 1. The Labute approximate surface area is 192 Å². The van der Waals surface area contributed by atoms with Crippen molar-refractivity contribution < 1.29 is 9.53 Å². The maximum absolute atomic E-state index is 12.7. The summed E-state index contributed by atoms with van der Waals surface area (Å²) < 4.78 is 7.52. The van der Waals surface area contributed by atoms with Gasteiger partial charge in [0.1, 0.15) is 0 Å². The number of carbonyl (C=O) groups is 1. The average molecular weight is 450 g/mol. The third-order valence-electron chi connectivity index (χ3n) is 6.12. The van der Waals surface area contributed by atoms with Crippen LogP contribution in [-0.4, -0.2) is 59.3 Å². The van der Waals surface area contributed by atoms with Gasteiger partial charge in [0.25, 0.3) is 0 Å². The van der Waals surface area contributed by atoms with Gasteiger partial charge in [0.15, 0.2) is 5.16 Å². The minimum Gasteiger partial charge on any atom is -0.378 e. The molecule has 0 bridgehead atoms. The molecule has 2 aromatic carbocycles. The molecule has 5 rings (SSSR count). The van der Waals surface area contributed by atoms with E-state index in [4.69, 9.17) is 4.74 Å². The molecule has 3 aromatic rings. The number of benzene rings is 2. The Morgan fingerprint density at radius 2 is 1.69 bits per heavy atom. The molecule has 0 radical (unpaired) electrons. The first-order valence-corrected chi connectivity index (χ1v) is 12.0. The summed E-state index contributed by atoms with van der Waals surface area (Å²) >= 11 is 1.42. The van der Waals surface area contributed by atoms with Crippen molar-refractivity contribution in [1.29, 1.82) is 0 Å². The van der Waals surface area contributed by atoms with E-state index < -0.39 is 0 Å². The van der Waals surface area contributed by atoms with Crippen LogP contribution in [0.1, 0.15) is 18.4 Å². The number of nitrogens with one attached hydrogen (secondary N) is 1. The van der Waals surface area contributed by atoms with Crippen LogP contribution < -0.4 is 10.2 Å². The molecule has 1 saturated heterocycles. The van der Waals surface area contributed by atoms with Crippen LogP contribution in [0.2, 0.25) is 0 Å². The zero-order chi connectivity index (χ0) is 21.8. The number of amides is 1. The van der Waals surface area contributed by atoms with Crippen LogP contribution >= 0.6 is 11.8 Å². The van der Waals surface area contributed by atoms with Gasteiger partial charge in [0.2, 0.25) is 11.9 Å². The number of aromatic nitrogens is 3. The lowest BCUT2D eigenvalue weighted by atomic mass is 9.96. The summed E-state index contributed by atoms with van der Waals surface area (Å²) in [6.07, 6.45) is 2.24. The van der Waals surface area contributed by atoms with Crippen LogP contribution in [0.3, 0.4) is 0 Å². The molecular formula is C24H27N5O2S. The molecule has 8 heteroatoms. The molecule has 2 fully saturated rings. The van der Waals surface area contributed by atoms with Crippen LogP contribution in [0.25, 0.3) is 5.69 Å². The summed E-state index contributed by atoms with van der Waals surface area (Å²) in [6.45, 7) is 3.58. The Bertz CT molecular complexity index is 1050. The molecule has 1 aliphatic heterocycles. The van der Waals surface area contributed by atoms with Gasteiger partial charge in [-0.05, 0) is 30.5 Å². The van der Waals surface area contributed by atoms with Gasteiger partial charge in [-0.25, -0.2) is 0 Å². The van der Waals surface area contributed by atoms with Gasteiger partial charge in [-0.15, -0.1) is 10.2 Å². The zero-order valence-electron chi connectivity index (χ0n) is 17.9. The molecule has 2 aliphatic rings. The Balaban J connectivity index is 1.26. The fraction of sp³-hybridized carbons (Fsp3) is 0.375. The topological polar surface area (TPSA) is 72.3 Å². The molecule has 2 heterocycles. The second-order valence-electron chi connectivity index (χ2n) is 8.26. The molecule has 1 amide bonds. The van der Waals surface area contributed by atoms with Crippen LogP contribution in [0.15, 0.2) is 65.8 Å². The minimum absolute atomic E-state index is 0.0211. The number of nitrogens with zero attached hydrogens (tertiary/aromatic N) is 4. The van der Waals surface area contributed by atoms with Crippen molar-refractivity contribution in [2.75, 3.05) is 43.5 Å². The van der Waals surface area contributed by atoms with E-state index in [0.717, 1.165) is 42.7 Å². The third kappa shape index (κ3) is 4.52. The first-order chi connectivity index (χ1) is 15.8. The lowest BCUT2D eigenvalue weighted by Crippen LogP contribution is -2.37. The Morgan fingerprint density at radius 3 is 2.38 bits per heavy atom. The SMILES string of the molecule is O=C(CSc1nnc(N2CCOCC2)n1-c1ccccc1)NCC1(c2ccccc2)CC1. The van der Waals surface area contributed by atoms with Gasteiger partial charge in [-0.2, -0.15) is 0 Å². The number of ether oxygens (including phenoxy) is 1. The van der Waals surface area contributed by atoms with E-state index in [1.165, 1.54) is 17.3 Å². The quantitative estimate of drug-likeness (QED) is 0.533. The molecule has 7 nitrogen and oxygen atoms in total. The molecule has 0 spiro atoms. The van der Waals surface area contributed by atoms with E-state index in [0.29, 0.717) is 25.5 Å². The molecule has 0 unspecified atom stereocenters.